The summed E-state index contributed by atoms with van der Waals surface area (Å²) >= 11 is 19.2. The van der Waals surface area contributed by atoms with Crippen LogP contribution in [-0.2, 0) is 10.8 Å². The molecular weight excluding hydrogens is 855 g/mol. The number of aromatic amines is 1. The lowest BCUT2D eigenvalue weighted by Gasteiger charge is -2.27. The predicted molar refractivity (Wildman–Crippen MR) is 243 cm³/mol. The van der Waals surface area contributed by atoms with E-state index in [0.717, 1.165) is 16.5 Å². The van der Waals surface area contributed by atoms with E-state index in [1.165, 1.54) is 28.4 Å². The van der Waals surface area contributed by atoms with Gasteiger partial charge in [0.25, 0.3) is 17.7 Å². The van der Waals surface area contributed by atoms with E-state index in [9.17, 15) is 19.6 Å². The lowest BCUT2D eigenvalue weighted by atomic mass is 9.84. The van der Waals surface area contributed by atoms with Crippen molar-refractivity contribution < 1.29 is 33.3 Å². The number of nitriles is 1. The fourth-order valence-electron chi connectivity index (χ4n) is 6.42. The van der Waals surface area contributed by atoms with E-state index >= 15 is 0 Å². The highest BCUT2D eigenvalue weighted by molar-refractivity contribution is 6.37. The van der Waals surface area contributed by atoms with Crippen LogP contribution < -0.4 is 34.9 Å². The van der Waals surface area contributed by atoms with E-state index in [0.29, 0.717) is 78.4 Å². The third-order valence-electron chi connectivity index (χ3n) is 9.83. The number of rotatable bonds is 13. The van der Waals surface area contributed by atoms with Gasteiger partial charge in [-0.05, 0) is 86.1 Å². The Morgan fingerprint density at radius 2 is 1.18 bits per heavy atom. The molecule has 1 aromatic heterocycles. The predicted octanol–water partition coefficient (Wildman–Crippen LogP) is 10.3. The number of hydrogen-bond donors (Lipinski definition) is 4. The van der Waals surface area contributed by atoms with Crippen LogP contribution in [0.25, 0.3) is 10.9 Å². The molecule has 3 amide bonds. The first kappa shape index (κ1) is 46.6. The van der Waals surface area contributed by atoms with E-state index in [-0.39, 0.29) is 17.7 Å². The maximum Gasteiger partial charge on any atom is 0.272 e. The van der Waals surface area contributed by atoms with Gasteiger partial charge in [0, 0.05) is 60.5 Å². The minimum absolute atomic E-state index is 0.268. The largest absolute Gasteiger partial charge is 0.493 e. The number of halogens is 3. The van der Waals surface area contributed by atoms with E-state index < -0.39 is 10.8 Å². The quantitative estimate of drug-likeness (QED) is 0.0879. The summed E-state index contributed by atoms with van der Waals surface area (Å²) in [4.78, 5) is 38.0. The van der Waals surface area contributed by atoms with Gasteiger partial charge < -0.3 is 34.9 Å². The molecule has 0 fully saturated rings. The number of carbonyl (C=O) groups is 3. The molecule has 0 unspecified atom stereocenters. The van der Waals surface area contributed by atoms with Crippen molar-refractivity contribution >= 4 is 74.8 Å². The lowest BCUT2D eigenvalue weighted by Crippen LogP contribution is -2.37. The molecule has 0 radical (unpaired) electrons. The standard InChI is InChI=1S/C27H27ClN4O4.C19H18Cl2N2O3/c1-27(2,15-29-26(34)24-18-7-5-6-8-21(18)31-32-24)19-11-10-17(14-20(19)28)30-25(33)16-9-12-22(35-3)23(13-16)36-4;1-19(2,10-22)17-13(20)8-12(9-14(17)21)23-18(24)11-5-6-15(25-3)16(7-11)26-4/h5-14H,15H2,1-4H3,(H,29,34)(H,30,33)(H,31,32);5-9H,1-4H3,(H,23,24). The smallest absolute Gasteiger partial charge is 0.272 e. The second kappa shape index (κ2) is 19.9. The summed E-state index contributed by atoms with van der Waals surface area (Å²) in [5.74, 6) is 1.04. The molecule has 322 valence electrons. The molecule has 13 nitrogen and oxygen atoms in total. The fraction of sp³-hybridized carbons (Fsp3) is 0.239. The zero-order chi connectivity index (χ0) is 45.4. The van der Waals surface area contributed by atoms with Crippen LogP contribution in [0.2, 0.25) is 15.1 Å². The van der Waals surface area contributed by atoms with Crippen molar-refractivity contribution in [3.05, 3.63) is 134 Å². The Balaban J connectivity index is 0.000000247. The van der Waals surface area contributed by atoms with Crippen LogP contribution in [0, 0.1) is 11.3 Å². The molecule has 6 rings (SSSR count). The zero-order valence-corrected chi connectivity index (χ0v) is 37.5. The second-order valence-corrected chi connectivity index (χ2v) is 16.2. The van der Waals surface area contributed by atoms with Crippen LogP contribution in [0.4, 0.5) is 11.4 Å². The van der Waals surface area contributed by atoms with Crippen LogP contribution in [0.3, 0.4) is 0 Å². The van der Waals surface area contributed by atoms with E-state index in [1.54, 1.807) is 74.5 Å². The summed E-state index contributed by atoms with van der Waals surface area (Å²) in [7, 11) is 6.06. The molecule has 16 heteroatoms. The number of benzene rings is 5. The Bertz CT molecular complexity index is 2650. The highest BCUT2D eigenvalue weighted by atomic mass is 35.5. The first-order valence-corrected chi connectivity index (χ1v) is 20.1. The number of para-hydroxylation sites is 1. The van der Waals surface area contributed by atoms with E-state index in [2.05, 4.69) is 32.2 Å². The van der Waals surface area contributed by atoms with Gasteiger partial charge in [-0.25, -0.2) is 0 Å². The first-order valence-electron chi connectivity index (χ1n) is 19.0. The average molecular weight is 900 g/mol. The summed E-state index contributed by atoms with van der Waals surface area (Å²) < 4.78 is 20.9. The van der Waals surface area contributed by atoms with Crippen LogP contribution in [0.15, 0.2) is 91.0 Å². The van der Waals surface area contributed by atoms with Gasteiger partial charge in [0.05, 0.1) is 45.4 Å². The van der Waals surface area contributed by atoms with Crippen LogP contribution in [0.5, 0.6) is 23.0 Å². The van der Waals surface area contributed by atoms with E-state index in [1.807, 2.05) is 44.2 Å². The Morgan fingerprint density at radius 3 is 1.69 bits per heavy atom. The van der Waals surface area contributed by atoms with Gasteiger partial charge in [0.1, 0.15) is 0 Å². The molecule has 0 aliphatic heterocycles. The van der Waals surface area contributed by atoms with Crippen LogP contribution >= 0.6 is 34.8 Å². The molecule has 0 bridgehead atoms. The minimum Gasteiger partial charge on any atom is -0.493 e. The topological polar surface area (TPSA) is 177 Å². The van der Waals surface area contributed by atoms with Gasteiger partial charge in [-0.2, -0.15) is 10.4 Å². The molecule has 1 heterocycles. The summed E-state index contributed by atoms with van der Waals surface area (Å²) in [6, 6.07) is 27.9. The number of anilines is 2. The Kier molecular flexibility index (Phi) is 15.0. The van der Waals surface area contributed by atoms with Crippen molar-refractivity contribution in [3.63, 3.8) is 0 Å². The third-order valence-corrected chi connectivity index (χ3v) is 10.7. The number of carbonyl (C=O) groups excluding carboxylic acids is 3. The maximum absolute atomic E-state index is 12.8. The highest BCUT2D eigenvalue weighted by Gasteiger charge is 2.28. The normalized spacial score (nSPS) is 11.1. The number of fused-ring (bicyclic) bond motifs is 1. The molecule has 0 saturated heterocycles. The zero-order valence-electron chi connectivity index (χ0n) is 35.3. The van der Waals surface area contributed by atoms with Crippen molar-refractivity contribution in [3.8, 4) is 29.1 Å². The maximum atomic E-state index is 12.8. The SMILES string of the molecule is COc1ccc(C(=O)Nc2cc(Cl)c(C(C)(C)C#N)c(Cl)c2)cc1OC.COc1ccc(C(=O)Nc2ccc(C(C)(C)CNC(=O)c3n[nH]c4ccccc34)c(Cl)c2)cc1OC. The number of nitrogens with zero attached hydrogens (tertiary/aromatic N) is 2. The monoisotopic (exact) mass is 898 g/mol. The number of amides is 3. The molecular formula is C46H45Cl3N6O7. The van der Waals surface area contributed by atoms with Crippen molar-refractivity contribution in [2.45, 2.75) is 38.5 Å². The fourth-order valence-corrected chi connectivity index (χ4v) is 7.81. The Labute approximate surface area is 374 Å². The molecule has 0 saturated carbocycles. The molecule has 0 aliphatic rings. The Hall–Kier alpha value is -6.46. The first-order chi connectivity index (χ1) is 29.5. The van der Waals surface area contributed by atoms with Crippen molar-refractivity contribution in [2.24, 2.45) is 0 Å². The average Bonchev–Trinajstić information content (AvgIpc) is 3.69. The molecule has 5 aromatic carbocycles. The van der Waals surface area contributed by atoms with Gasteiger partial charge in [0.15, 0.2) is 28.7 Å². The highest BCUT2D eigenvalue weighted by Crippen LogP contribution is 2.38. The summed E-state index contributed by atoms with van der Waals surface area (Å²) in [6.07, 6.45) is 0. The number of nitrogens with one attached hydrogen (secondary N) is 4. The molecule has 0 atom stereocenters. The van der Waals surface area contributed by atoms with Crippen molar-refractivity contribution in [1.82, 2.24) is 15.5 Å². The summed E-state index contributed by atoms with van der Waals surface area (Å²) in [5.41, 5.74) is 2.95. The van der Waals surface area contributed by atoms with Gasteiger partial charge in [0.2, 0.25) is 0 Å². The number of hydrogen-bond acceptors (Lipinski definition) is 9. The molecule has 0 aliphatic carbocycles. The molecule has 6 aromatic rings. The van der Waals surface area contributed by atoms with Crippen LogP contribution in [0.1, 0.15) is 70.0 Å². The molecule has 62 heavy (non-hydrogen) atoms. The van der Waals surface area contributed by atoms with Gasteiger partial charge in [-0.15, -0.1) is 0 Å². The van der Waals surface area contributed by atoms with Crippen LogP contribution in [-0.4, -0.2) is 62.9 Å². The minimum atomic E-state index is -0.847. The molecule has 0 spiro atoms. The number of methoxy groups -OCH3 is 4. The summed E-state index contributed by atoms with van der Waals surface area (Å²) in [5, 5.41) is 26.7. The number of aromatic nitrogens is 2. The third kappa shape index (κ3) is 10.7. The second-order valence-electron chi connectivity index (χ2n) is 15.0. The van der Waals surface area contributed by atoms with Gasteiger partial charge in [-0.1, -0.05) is 72.9 Å². The van der Waals surface area contributed by atoms with Gasteiger partial charge in [-0.3, -0.25) is 19.5 Å². The lowest BCUT2D eigenvalue weighted by molar-refractivity contribution is 0.0940. The molecule has 4 N–H and O–H groups in total. The Morgan fingerprint density at radius 1 is 0.661 bits per heavy atom. The number of H-pyrrole nitrogens is 1. The number of ether oxygens (including phenoxy) is 4. The van der Waals surface area contributed by atoms with E-state index in [4.69, 9.17) is 53.8 Å². The van der Waals surface area contributed by atoms with Crippen molar-refractivity contribution in [2.75, 3.05) is 45.6 Å². The van der Waals surface area contributed by atoms with Crippen molar-refractivity contribution in [1.29, 1.82) is 5.26 Å². The van der Waals surface area contributed by atoms with Gasteiger partial charge >= 0.3 is 0 Å². The summed E-state index contributed by atoms with van der Waals surface area (Å²) in [6.45, 7) is 7.76.